The van der Waals surface area contributed by atoms with E-state index in [1.165, 1.54) is 50.1 Å². The minimum atomic E-state index is 0.204. The van der Waals surface area contributed by atoms with Crippen LogP contribution < -0.4 is 0 Å². The van der Waals surface area contributed by atoms with Gasteiger partial charge in [0.25, 0.3) is 0 Å². The van der Waals surface area contributed by atoms with Crippen LogP contribution in [0.15, 0.2) is 168 Å². The lowest BCUT2D eigenvalue weighted by atomic mass is 9.84. The lowest BCUT2D eigenvalue weighted by Gasteiger charge is -2.18. The van der Waals surface area contributed by atoms with Crippen molar-refractivity contribution in [3.05, 3.63) is 180 Å². The van der Waals surface area contributed by atoms with Crippen molar-refractivity contribution in [3.63, 3.8) is 0 Å². The molecule has 0 radical (unpaired) electrons. The molecule has 8 aromatic rings. The van der Waals surface area contributed by atoms with Gasteiger partial charge in [0.1, 0.15) is 11.2 Å². The van der Waals surface area contributed by atoms with E-state index in [-0.39, 0.29) is 5.92 Å². The summed E-state index contributed by atoms with van der Waals surface area (Å²) < 4.78 is 6.38. The van der Waals surface area contributed by atoms with Gasteiger partial charge in [0.15, 0.2) is 0 Å². The van der Waals surface area contributed by atoms with Crippen molar-refractivity contribution in [1.29, 1.82) is 0 Å². The van der Waals surface area contributed by atoms with E-state index in [0.717, 1.165) is 33.1 Å². The van der Waals surface area contributed by atoms with Crippen LogP contribution in [0, 0.1) is 0 Å². The molecule has 1 heterocycles. The Morgan fingerprint density at radius 3 is 1.80 bits per heavy atom. The van der Waals surface area contributed by atoms with Crippen molar-refractivity contribution < 1.29 is 4.42 Å². The average molecular weight is 561 g/mol. The maximum absolute atomic E-state index is 6.38. The van der Waals surface area contributed by atoms with E-state index in [1.807, 2.05) is 12.1 Å². The number of hydrogen-bond donors (Lipinski definition) is 0. The Hall–Kier alpha value is -5.66. The minimum absolute atomic E-state index is 0.204. The van der Waals surface area contributed by atoms with Gasteiger partial charge in [-0.05, 0) is 73.8 Å². The number of fused-ring (bicyclic) bond motifs is 6. The van der Waals surface area contributed by atoms with E-state index in [1.54, 1.807) is 0 Å². The van der Waals surface area contributed by atoms with Crippen molar-refractivity contribution in [3.8, 4) is 44.5 Å². The Morgan fingerprint density at radius 1 is 0.386 bits per heavy atom. The van der Waals surface area contributed by atoms with Crippen LogP contribution in [0.2, 0.25) is 0 Å². The Morgan fingerprint density at radius 2 is 0.955 bits per heavy atom. The number of hydrogen-bond acceptors (Lipinski definition) is 1. The van der Waals surface area contributed by atoms with Crippen molar-refractivity contribution in [2.45, 2.75) is 5.92 Å². The summed E-state index contributed by atoms with van der Waals surface area (Å²) in [5, 5.41) is 2.30. The van der Waals surface area contributed by atoms with Crippen LogP contribution in [0.1, 0.15) is 22.6 Å². The fourth-order valence-electron chi connectivity index (χ4n) is 7.21. The van der Waals surface area contributed by atoms with E-state index in [4.69, 9.17) is 4.42 Å². The summed E-state index contributed by atoms with van der Waals surface area (Å²) in [7, 11) is 0. The molecular weight excluding hydrogens is 532 g/mol. The van der Waals surface area contributed by atoms with Gasteiger partial charge >= 0.3 is 0 Å². The normalized spacial score (nSPS) is 13.7. The smallest absolute Gasteiger partial charge is 0.143 e. The van der Waals surface area contributed by atoms with Crippen LogP contribution in [0.25, 0.3) is 66.4 Å². The Kier molecular flexibility index (Phi) is 5.64. The predicted molar refractivity (Wildman–Crippen MR) is 183 cm³/mol. The van der Waals surface area contributed by atoms with Gasteiger partial charge in [-0.2, -0.15) is 0 Å². The number of benzene rings is 7. The van der Waals surface area contributed by atoms with Crippen LogP contribution in [0.4, 0.5) is 0 Å². The molecule has 0 amide bonds. The first-order chi connectivity index (χ1) is 21.8. The van der Waals surface area contributed by atoms with E-state index >= 15 is 0 Å². The van der Waals surface area contributed by atoms with Gasteiger partial charge in [-0.15, -0.1) is 0 Å². The highest BCUT2D eigenvalue weighted by Crippen LogP contribution is 2.51. The standard InChI is InChI=1S/C43H28O/c1-2-12-28(13-3-1)41-37-20-5-4-18-35(37)38-23-10-21-33(42(38)41)31-16-8-14-29(26-31)30-15-9-17-32(27-30)34-22-11-24-39-36-19-6-7-25-40(36)44-43(34)39/h1-27,41H. The fourth-order valence-corrected chi connectivity index (χ4v) is 7.21. The van der Waals surface area contributed by atoms with Crippen molar-refractivity contribution in [1.82, 2.24) is 0 Å². The first kappa shape index (κ1) is 24.9. The predicted octanol–water partition coefficient (Wildman–Crippen LogP) is 11.7. The van der Waals surface area contributed by atoms with Gasteiger partial charge in [0.2, 0.25) is 0 Å². The molecule has 0 aliphatic heterocycles. The topological polar surface area (TPSA) is 13.1 Å². The molecule has 206 valence electrons. The van der Waals surface area contributed by atoms with Crippen molar-refractivity contribution >= 4 is 21.9 Å². The molecule has 1 nitrogen and oxygen atoms in total. The zero-order valence-electron chi connectivity index (χ0n) is 24.1. The number of rotatable bonds is 4. The summed E-state index contributed by atoms with van der Waals surface area (Å²) in [5.74, 6) is 0.204. The van der Waals surface area contributed by atoms with Gasteiger partial charge in [-0.3, -0.25) is 0 Å². The first-order valence-corrected chi connectivity index (χ1v) is 15.2. The molecule has 1 aliphatic carbocycles. The van der Waals surface area contributed by atoms with Gasteiger partial charge in [0.05, 0.1) is 0 Å². The molecular formula is C43H28O. The monoisotopic (exact) mass is 560 g/mol. The number of furan rings is 1. The van der Waals surface area contributed by atoms with Crippen molar-refractivity contribution in [2.75, 3.05) is 0 Å². The molecule has 1 atom stereocenters. The van der Waals surface area contributed by atoms with Gasteiger partial charge in [-0.1, -0.05) is 146 Å². The highest BCUT2D eigenvalue weighted by Gasteiger charge is 2.32. The minimum Gasteiger partial charge on any atom is -0.455 e. The second-order valence-corrected chi connectivity index (χ2v) is 11.6. The van der Waals surface area contributed by atoms with E-state index in [2.05, 4.69) is 152 Å². The summed E-state index contributed by atoms with van der Waals surface area (Å²) in [4.78, 5) is 0. The molecule has 0 saturated carbocycles. The molecule has 1 unspecified atom stereocenters. The van der Waals surface area contributed by atoms with Crippen molar-refractivity contribution in [2.24, 2.45) is 0 Å². The third-order valence-electron chi connectivity index (χ3n) is 9.17. The molecule has 1 aliphatic rings. The molecule has 0 spiro atoms. The van der Waals surface area contributed by atoms with Crippen LogP contribution in [0.5, 0.6) is 0 Å². The van der Waals surface area contributed by atoms with Gasteiger partial charge in [0, 0.05) is 22.3 Å². The Bertz CT molecular complexity index is 2340. The van der Waals surface area contributed by atoms with E-state index in [0.29, 0.717) is 0 Å². The third kappa shape index (κ3) is 3.87. The largest absolute Gasteiger partial charge is 0.455 e. The first-order valence-electron chi connectivity index (χ1n) is 15.2. The molecule has 0 fully saturated rings. The Labute approximate surface area is 256 Å². The SMILES string of the molecule is c1ccc(C2c3ccccc3-c3cccc(-c4cccc(-c5cccc(-c6cccc7c6oc6ccccc67)c5)c4)c32)cc1. The highest BCUT2D eigenvalue weighted by molar-refractivity contribution is 6.09. The molecule has 0 N–H and O–H groups in total. The zero-order chi connectivity index (χ0) is 29.0. The second kappa shape index (κ2) is 9.97. The lowest BCUT2D eigenvalue weighted by molar-refractivity contribution is 0.670. The van der Waals surface area contributed by atoms with Crippen LogP contribution in [-0.2, 0) is 0 Å². The molecule has 9 rings (SSSR count). The summed E-state index contributed by atoms with van der Waals surface area (Å²) in [6.07, 6.45) is 0. The summed E-state index contributed by atoms with van der Waals surface area (Å²) in [6, 6.07) is 59.2. The maximum atomic E-state index is 6.38. The quantitative estimate of drug-likeness (QED) is 0.209. The number of para-hydroxylation sites is 2. The fraction of sp³-hybridized carbons (Fsp3) is 0.0233. The molecule has 1 aromatic heterocycles. The Balaban J connectivity index is 1.17. The lowest BCUT2D eigenvalue weighted by Crippen LogP contribution is -2.01. The zero-order valence-corrected chi connectivity index (χ0v) is 24.1. The molecule has 0 saturated heterocycles. The second-order valence-electron chi connectivity index (χ2n) is 11.6. The van der Waals surface area contributed by atoms with Gasteiger partial charge in [-0.25, -0.2) is 0 Å². The third-order valence-corrected chi connectivity index (χ3v) is 9.17. The van der Waals surface area contributed by atoms with E-state index < -0.39 is 0 Å². The highest BCUT2D eigenvalue weighted by atomic mass is 16.3. The van der Waals surface area contributed by atoms with Crippen LogP contribution in [-0.4, -0.2) is 0 Å². The van der Waals surface area contributed by atoms with Crippen LogP contribution in [0.3, 0.4) is 0 Å². The summed E-state index contributed by atoms with van der Waals surface area (Å²) >= 11 is 0. The average Bonchev–Trinajstić information content (AvgIpc) is 3.65. The maximum Gasteiger partial charge on any atom is 0.143 e. The summed E-state index contributed by atoms with van der Waals surface area (Å²) in [5.41, 5.74) is 15.8. The molecule has 1 heteroatoms. The van der Waals surface area contributed by atoms with Gasteiger partial charge < -0.3 is 4.42 Å². The van der Waals surface area contributed by atoms with Crippen LogP contribution >= 0.6 is 0 Å². The molecule has 0 bridgehead atoms. The molecule has 44 heavy (non-hydrogen) atoms. The van der Waals surface area contributed by atoms with E-state index in [9.17, 15) is 0 Å². The summed E-state index contributed by atoms with van der Waals surface area (Å²) in [6.45, 7) is 0. The molecule has 7 aromatic carbocycles.